The smallest absolute Gasteiger partial charge is 0.252 e. The summed E-state index contributed by atoms with van der Waals surface area (Å²) in [5, 5.41) is 13.9. The van der Waals surface area contributed by atoms with Crippen LogP contribution < -0.4 is 10.3 Å². The number of nitrogens with zero attached hydrogens (tertiary/aromatic N) is 5. The molecule has 200 valence electrons. The number of benzene rings is 3. The molecule has 8 heteroatoms. The van der Waals surface area contributed by atoms with Crippen LogP contribution in [0.4, 0.5) is 0 Å². The van der Waals surface area contributed by atoms with Gasteiger partial charge in [-0.2, -0.15) is 0 Å². The van der Waals surface area contributed by atoms with E-state index in [2.05, 4.69) is 57.5 Å². The molecule has 5 aromatic rings. The summed E-state index contributed by atoms with van der Waals surface area (Å²) in [7, 11) is 1.66. The van der Waals surface area contributed by atoms with Crippen molar-refractivity contribution in [2.24, 2.45) is 0 Å². The van der Waals surface area contributed by atoms with Gasteiger partial charge in [0.15, 0.2) is 5.82 Å². The number of rotatable bonds is 10. The van der Waals surface area contributed by atoms with Crippen molar-refractivity contribution >= 4 is 10.9 Å². The highest BCUT2D eigenvalue weighted by Crippen LogP contribution is 2.27. The molecule has 3 aromatic carbocycles. The zero-order valence-corrected chi connectivity index (χ0v) is 22.9. The molecule has 1 N–H and O–H groups in total. The molecule has 0 radical (unpaired) electrons. The number of H-pyrrole nitrogens is 1. The summed E-state index contributed by atoms with van der Waals surface area (Å²) in [5.74, 6) is 1.58. The Balaban J connectivity index is 1.51. The van der Waals surface area contributed by atoms with Gasteiger partial charge in [-0.05, 0) is 77.2 Å². The number of hydrogen-bond donors (Lipinski definition) is 1. The Labute approximate surface area is 228 Å². The van der Waals surface area contributed by atoms with Crippen LogP contribution in [0.15, 0.2) is 77.6 Å². The first-order chi connectivity index (χ1) is 18.9. The van der Waals surface area contributed by atoms with Crippen molar-refractivity contribution in [3.05, 3.63) is 117 Å². The number of tetrazole rings is 1. The van der Waals surface area contributed by atoms with Crippen LogP contribution in [0.1, 0.15) is 53.0 Å². The Bertz CT molecular complexity index is 1610. The van der Waals surface area contributed by atoms with Gasteiger partial charge in [-0.3, -0.25) is 9.69 Å². The molecule has 0 bridgehead atoms. The predicted octanol–water partition coefficient (Wildman–Crippen LogP) is 5.34. The summed E-state index contributed by atoms with van der Waals surface area (Å²) >= 11 is 0. The van der Waals surface area contributed by atoms with Gasteiger partial charge in [0, 0.05) is 29.6 Å². The van der Waals surface area contributed by atoms with E-state index in [0.717, 1.165) is 56.7 Å². The Morgan fingerprint density at radius 3 is 2.46 bits per heavy atom. The minimum absolute atomic E-state index is 0.0711. The highest BCUT2D eigenvalue weighted by atomic mass is 16.5. The Morgan fingerprint density at radius 2 is 1.74 bits per heavy atom. The van der Waals surface area contributed by atoms with Gasteiger partial charge < -0.3 is 9.72 Å². The van der Waals surface area contributed by atoms with Crippen LogP contribution >= 0.6 is 0 Å². The Morgan fingerprint density at radius 1 is 0.974 bits per heavy atom. The van der Waals surface area contributed by atoms with Crippen molar-refractivity contribution in [1.82, 2.24) is 30.1 Å². The largest absolute Gasteiger partial charge is 0.497 e. The number of methoxy groups -OCH3 is 1. The lowest BCUT2D eigenvalue weighted by Gasteiger charge is -2.30. The summed E-state index contributed by atoms with van der Waals surface area (Å²) in [6.45, 7) is 7.91. The van der Waals surface area contributed by atoms with E-state index in [9.17, 15) is 4.79 Å². The molecule has 5 rings (SSSR count). The first-order valence-corrected chi connectivity index (χ1v) is 13.2. The van der Waals surface area contributed by atoms with E-state index in [-0.39, 0.29) is 11.6 Å². The molecule has 0 amide bonds. The van der Waals surface area contributed by atoms with Gasteiger partial charge in [-0.25, -0.2) is 4.68 Å². The zero-order valence-electron chi connectivity index (χ0n) is 22.9. The van der Waals surface area contributed by atoms with Crippen molar-refractivity contribution in [2.75, 3.05) is 7.11 Å². The van der Waals surface area contributed by atoms with Crippen LogP contribution in [-0.2, 0) is 19.6 Å². The van der Waals surface area contributed by atoms with E-state index in [1.165, 1.54) is 0 Å². The van der Waals surface area contributed by atoms with Gasteiger partial charge in [-0.1, -0.05) is 55.5 Å². The number of hydrogen-bond acceptors (Lipinski definition) is 6. The van der Waals surface area contributed by atoms with E-state index in [1.54, 1.807) is 7.11 Å². The normalized spacial score (nSPS) is 12.2. The van der Waals surface area contributed by atoms with Crippen molar-refractivity contribution in [3.63, 3.8) is 0 Å². The van der Waals surface area contributed by atoms with E-state index < -0.39 is 0 Å². The molecule has 1 atom stereocenters. The van der Waals surface area contributed by atoms with Gasteiger partial charge in [-0.15, -0.1) is 5.10 Å². The maximum atomic E-state index is 13.3. The van der Waals surface area contributed by atoms with Crippen LogP contribution in [0.25, 0.3) is 10.9 Å². The monoisotopic (exact) mass is 522 g/mol. The van der Waals surface area contributed by atoms with Crippen molar-refractivity contribution < 1.29 is 4.74 Å². The second-order valence-corrected chi connectivity index (χ2v) is 10.0. The number of ether oxygens (including phenoxy) is 1. The second-order valence-electron chi connectivity index (χ2n) is 10.0. The number of aryl methyl sites for hydroxylation is 2. The summed E-state index contributed by atoms with van der Waals surface area (Å²) in [6.07, 6.45) is 0.777. The molecular formula is C31H34N6O2. The molecular weight excluding hydrogens is 488 g/mol. The minimum Gasteiger partial charge on any atom is -0.497 e. The second kappa shape index (κ2) is 11.6. The molecule has 0 aliphatic rings. The van der Waals surface area contributed by atoms with Crippen LogP contribution in [0.3, 0.4) is 0 Å². The fourth-order valence-electron chi connectivity index (χ4n) is 5.22. The fraction of sp³-hybridized carbons (Fsp3) is 0.290. The lowest BCUT2D eigenvalue weighted by atomic mass is 10.0. The first kappa shape index (κ1) is 26.3. The molecule has 8 nitrogen and oxygen atoms in total. The highest BCUT2D eigenvalue weighted by molar-refractivity contribution is 5.83. The van der Waals surface area contributed by atoms with Crippen molar-refractivity contribution in [1.29, 1.82) is 0 Å². The molecule has 0 saturated heterocycles. The third kappa shape index (κ3) is 5.91. The number of nitrogens with one attached hydrogen (secondary N) is 1. The fourth-order valence-corrected chi connectivity index (χ4v) is 5.22. The van der Waals surface area contributed by atoms with Gasteiger partial charge in [0.05, 0.1) is 19.7 Å². The van der Waals surface area contributed by atoms with Crippen LogP contribution in [0.5, 0.6) is 5.75 Å². The van der Waals surface area contributed by atoms with Crippen molar-refractivity contribution in [2.45, 2.75) is 52.9 Å². The third-order valence-electron chi connectivity index (χ3n) is 7.17. The maximum absolute atomic E-state index is 13.3. The molecule has 0 spiro atoms. The molecule has 0 saturated carbocycles. The van der Waals surface area contributed by atoms with E-state index in [0.29, 0.717) is 19.6 Å². The number of pyridine rings is 1. The summed E-state index contributed by atoms with van der Waals surface area (Å²) < 4.78 is 7.15. The molecule has 0 fully saturated rings. The SMILES string of the molecule is CC[C@H](c1nnnn1Cc1ccc(OC)cc1)N(Cc1ccccc1)Cc1cc2c(C)cc(C)cc2[nH]c1=O. The number of fused-ring (bicyclic) bond motifs is 1. The van der Waals surface area contributed by atoms with Crippen LogP contribution in [0.2, 0.25) is 0 Å². The van der Waals surface area contributed by atoms with Gasteiger partial charge >= 0.3 is 0 Å². The molecule has 0 unspecified atom stereocenters. The topological polar surface area (TPSA) is 88.9 Å². The minimum atomic E-state index is -0.104. The number of aromatic amines is 1. The van der Waals surface area contributed by atoms with Gasteiger partial charge in [0.25, 0.3) is 5.56 Å². The summed E-state index contributed by atoms with van der Waals surface area (Å²) in [5.41, 5.74) is 6.03. The van der Waals surface area contributed by atoms with Gasteiger partial charge in [0.1, 0.15) is 5.75 Å². The molecule has 39 heavy (non-hydrogen) atoms. The molecule has 2 aromatic heterocycles. The lowest BCUT2D eigenvalue weighted by molar-refractivity contribution is 0.161. The standard InChI is InChI=1S/C31H34N6O2/c1-5-29(30-33-34-35-37(30)19-24-11-13-26(39-4)14-12-24)36(18-23-9-7-6-8-10-23)20-25-17-27-22(3)15-21(2)16-28(27)32-31(25)38/h6-17,29H,5,18-20H2,1-4H3,(H,32,38)/t29-/m1/s1. The quantitative estimate of drug-likeness (QED) is 0.266. The van der Waals surface area contributed by atoms with E-state index in [4.69, 9.17) is 4.74 Å². The number of aromatic nitrogens is 5. The molecule has 0 aliphatic heterocycles. The maximum Gasteiger partial charge on any atom is 0.252 e. The third-order valence-corrected chi connectivity index (χ3v) is 7.17. The Hall–Kier alpha value is -4.30. The highest BCUT2D eigenvalue weighted by Gasteiger charge is 2.26. The van der Waals surface area contributed by atoms with Crippen LogP contribution in [-0.4, -0.2) is 37.2 Å². The predicted molar refractivity (Wildman–Crippen MR) is 153 cm³/mol. The average molecular weight is 523 g/mol. The van der Waals surface area contributed by atoms with E-state index >= 15 is 0 Å². The zero-order chi connectivity index (χ0) is 27.4. The lowest BCUT2D eigenvalue weighted by Crippen LogP contribution is -2.32. The van der Waals surface area contributed by atoms with Crippen LogP contribution in [0, 0.1) is 13.8 Å². The molecule has 0 aliphatic carbocycles. The summed E-state index contributed by atoms with van der Waals surface area (Å²) in [6, 6.07) is 24.3. The first-order valence-electron chi connectivity index (χ1n) is 13.2. The summed E-state index contributed by atoms with van der Waals surface area (Å²) in [4.78, 5) is 18.7. The van der Waals surface area contributed by atoms with Crippen molar-refractivity contribution in [3.8, 4) is 5.75 Å². The Kier molecular flexibility index (Phi) is 7.84. The molecule has 2 heterocycles. The van der Waals surface area contributed by atoms with Gasteiger partial charge in [0.2, 0.25) is 0 Å². The average Bonchev–Trinajstić information content (AvgIpc) is 3.38. The van der Waals surface area contributed by atoms with E-state index in [1.807, 2.05) is 66.2 Å².